The van der Waals surface area contributed by atoms with Gasteiger partial charge in [0.05, 0.1) is 0 Å². The van der Waals surface area contributed by atoms with Crippen LogP contribution in [0.25, 0.3) is 0 Å². The third-order valence-electron chi connectivity index (χ3n) is 7.39. The van der Waals surface area contributed by atoms with Crippen LogP contribution in [-0.4, -0.2) is 86.6 Å². The molecule has 0 aliphatic rings. The summed E-state index contributed by atoms with van der Waals surface area (Å²) in [6.45, 7) is 0.727. The van der Waals surface area contributed by atoms with Crippen LogP contribution in [0.2, 0.25) is 0 Å². The molecule has 0 saturated carbocycles. The fraction of sp³-hybridized carbons (Fsp3) is 0.457. The van der Waals surface area contributed by atoms with E-state index in [1.54, 1.807) is 0 Å². The molecular formula is C35H47CsO3. The van der Waals surface area contributed by atoms with Gasteiger partial charge >= 0.3 is 74.9 Å². The molecule has 0 heterocycles. The monoisotopic (exact) mass is 648 g/mol. The SMILES string of the molecule is O=C(O)CCCCCCCCCCCCCCCOC(c1ccccc1)(c1ccccc1)c1ccccc1.[CsH]. The number of unbranched alkanes of at least 4 members (excludes halogenated alkanes) is 12. The van der Waals surface area contributed by atoms with Gasteiger partial charge in [0.2, 0.25) is 0 Å². The van der Waals surface area contributed by atoms with Crippen LogP contribution >= 0.6 is 0 Å². The quantitative estimate of drug-likeness (QED) is 0.0984. The van der Waals surface area contributed by atoms with E-state index in [9.17, 15) is 4.79 Å². The van der Waals surface area contributed by atoms with Gasteiger partial charge in [-0.25, -0.2) is 0 Å². The molecule has 0 spiro atoms. The van der Waals surface area contributed by atoms with Crippen molar-refractivity contribution < 1.29 is 14.6 Å². The normalized spacial score (nSPS) is 11.2. The van der Waals surface area contributed by atoms with Gasteiger partial charge in [0.15, 0.2) is 0 Å². The van der Waals surface area contributed by atoms with Gasteiger partial charge in [-0.1, -0.05) is 162 Å². The predicted octanol–water partition coefficient (Wildman–Crippen LogP) is 8.89. The minimum atomic E-state index is -0.669. The summed E-state index contributed by atoms with van der Waals surface area (Å²) in [4.78, 5) is 10.5. The minimum absolute atomic E-state index is 0. The van der Waals surface area contributed by atoms with E-state index in [1.165, 1.54) is 64.2 Å². The number of carbonyl (C=O) groups is 1. The topological polar surface area (TPSA) is 46.5 Å². The molecule has 0 fully saturated rings. The van der Waals surface area contributed by atoms with Crippen LogP contribution in [0.15, 0.2) is 91.0 Å². The Kier molecular flexibility index (Phi) is 18.4. The zero-order chi connectivity index (χ0) is 26.7. The van der Waals surface area contributed by atoms with E-state index in [4.69, 9.17) is 9.84 Å². The van der Waals surface area contributed by atoms with Crippen LogP contribution in [0, 0.1) is 0 Å². The van der Waals surface area contributed by atoms with Gasteiger partial charge in [-0.3, -0.25) is 4.79 Å². The number of benzene rings is 3. The van der Waals surface area contributed by atoms with Crippen molar-refractivity contribution in [2.45, 2.75) is 95.5 Å². The van der Waals surface area contributed by atoms with E-state index in [0.717, 1.165) is 42.6 Å². The van der Waals surface area contributed by atoms with Gasteiger partial charge in [0.1, 0.15) is 5.60 Å². The molecule has 0 aromatic heterocycles. The van der Waals surface area contributed by atoms with E-state index >= 15 is 0 Å². The van der Waals surface area contributed by atoms with Crippen molar-refractivity contribution in [3.8, 4) is 0 Å². The van der Waals surface area contributed by atoms with E-state index in [1.807, 2.05) is 0 Å². The van der Waals surface area contributed by atoms with Crippen molar-refractivity contribution in [2.75, 3.05) is 6.61 Å². The zero-order valence-electron chi connectivity index (χ0n) is 23.0. The van der Waals surface area contributed by atoms with Gasteiger partial charge in [0, 0.05) is 13.0 Å². The summed E-state index contributed by atoms with van der Waals surface area (Å²) in [6.07, 6.45) is 16.0. The Morgan fingerprint density at radius 2 is 0.821 bits per heavy atom. The number of carboxylic acids is 1. The van der Waals surface area contributed by atoms with Crippen molar-refractivity contribution in [2.24, 2.45) is 0 Å². The third kappa shape index (κ3) is 12.3. The van der Waals surface area contributed by atoms with E-state index < -0.39 is 11.6 Å². The standard InChI is InChI=1S/C35H46O3.Cs.H/c36-34(37)29-21-10-8-6-4-2-1-3-5-7-9-11-22-30-38-35(31-23-15-12-16-24-31,32-25-17-13-18-26-32)33-27-19-14-20-28-33;;/h12-20,23-28H,1-11,21-22,29-30H2,(H,36,37);;. The van der Waals surface area contributed by atoms with Crippen LogP contribution < -0.4 is 0 Å². The molecule has 39 heavy (non-hydrogen) atoms. The molecule has 3 rings (SSSR count). The first kappa shape index (κ1) is 34.3. The maximum atomic E-state index is 10.5. The van der Waals surface area contributed by atoms with Crippen molar-refractivity contribution in [1.29, 1.82) is 0 Å². The molecule has 0 atom stereocenters. The number of hydrogen-bond donors (Lipinski definition) is 1. The average molecular weight is 649 g/mol. The number of hydrogen-bond acceptors (Lipinski definition) is 2. The molecule has 0 amide bonds. The molecule has 0 aliphatic heterocycles. The Morgan fingerprint density at radius 1 is 0.513 bits per heavy atom. The first-order valence-corrected chi connectivity index (χ1v) is 14.8. The van der Waals surface area contributed by atoms with E-state index in [2.05, 4.69) is 91.0 Å². The number of carboxylic acid groups (broad SMARTS) is 1. The fourth-order valence-corrected chi connectivity index (χ4v) is 5.32. The summed E-state index contributed by atoms with van der Waals surface area (Å²) in [6, 6.07) is 31.9. The maximum absolute atomic E-state index is 10.5. The Labute approximate surface area is 295 Å². The van der Waals surface area contributed by atoms with E-state index in [-0.39, 0.29) is 68.9 Å². The number of ether oxygens (including phenoxy) is 1. The molecule has 0 unspecified atom stereocenters. The molecule has 0 radical (unpaired) electrons. The number of rotatable bonds is 20. The summed E-state index contributed by atoms with van der Waals surface area (Å²) >= 11 is 0. The molecule has 0 saturated heterocycles. The first-order valence-electron chi connectivity index (χ1n) is 14.8. The molecule has 0 aliphatic carbocycles. The molecule has 3 nitrogen and oxygen atoms in total. The van der Waals surface area contributed by atoms with Crippen LogP contribution in [-0.2, 0) is 15.1 Å². The molecular weight excluding hydrogens is 601 g/mol. The van der Waals surface area contributed by atoms with Crippen molar-refractivity contribution >= 4 is 74.9 Å². The number of aliphatic carboxylic acids is 1. The van der Waals surface area contributed by atoms with Crippen LogP contribution in [0.5, 0.6) is 0 Å². The molecule has 206 valence electrons. The van der Waals surface area contributed by atoms with Crippen LogP contribution in [0.4, 0.5) is 0 Å². The molecule has 3 aromatic carbocycles. The van der Waals surface area contributed by atoms with Gasteiger partial charge in [-0.15, -0.1) is 0 Å². The van der Waals surface area contributed by atoms with Gasteiger partial charge in [-0.2, -0.15) is 0 Å². The van der Waals surface area contributed by atoms with Crippen LogP contribution in [0.3, 0.4) is 0 Å². The fourth-order valence-electron chi connectivity index (χ4n) is 5.32. The van der Waals surface area contributed by atoms with E-state index in [0.29, 0.717) is 6.42 Å². The third-order valence-corrected chi connectivity index (χ3v) is 7.39. The van der Waals surface area contributed by atoms with Crippen molar-refractivity contribution in [1.82, 2.24) is 0 Å². The average Bonchev–Trinajstić information content (AvgIpc) is 2.96. The van der Waals surface area contributed by atoms with Gasteiger partial charge in [-0.05, 0) is 29.5 Å². The second kappa shape index (κ2) is 20.9. The molecule has 4 heteroatoms. The Balaban J connectivity index is 0.00000533. The Morgan fingerprint density at radius 3 is 1.15 bits per heavy atom. The van der Waals surface area contributed by atoms with Crippen LogP contribution in [0.1, 0.15) is 107 Å². The summed E-state index contributed by atoms with van der Waals surface area (Å²) in [5, 5.41) is 8.67. The first-order chi connectivity index (χ1) is 18.7. The van der Waals surface area contributed by atoms with Crippen molar-refractivity contribution in [3.05, 3.63) is 108 Å². The Bertz CT molecular complexity index is 911. The molecule has 3 aromatic rings. The van der Waals surface area contributed by atoms with Gasteiger partial charge in [0.25, 0.3) is 0 Å². The molecule has 0 bridgehead atoms. The molecule has 1 N–H and O–H groups in total. The second-order valence-electron chi connectivity index (χ2n) is 10.4. The summed E-state index contributed by atoms with van der Waals surface area (Å²) in [5.74, 6) is -0.669. The van der Waals surface area contributed by atoms with Crippen molar-refractivity contribution in [3.63, 3.8) is 0 Å². The Hall–Kier alpha value is -0.858. The second-order valence-corrected chi connectivity index (χ2v) is 10.4. The van der Waals surface area contributed by atoms with Gasteiger partial charge < -0.3 is 9.84 Å². The predicted molar refractivity (Wildman–Crippen MR) is 165 cm³/mol. The summed E-state index contributed by atoms with van der Waals surface area (Å²) in [7, 11) is 0. The summed E-state index contributed by atoms with van der Waals surface area (Å²) in [5.41, 5.74) is 2.88. The summed E-state index contributed by atoms with van der Waals surface area (Å²) < 4.78 is 6.88. The zero-order valence-corrected chi connectivity index (χ0v) is 23.0.